The molecule has 2 aromatic heterocycles. The number of hydrogen-bond donors (Lipinski definition) is 1. The lowest BCUT2D eigenvalue weighted by Crippen LogP contribution is -2.12. The summed E-state index contributed by atoms with van der Waals surface area (Å²) in [5.41, 5.74) is 3.93. The molecule has 0 unspecified atom stereocenters. The van der Waals surface area contributed by atoms with Crippen LogP contribution in [0.3, 0.4) is 0 Å². The van der Waals surface area contributed by atoms with Crippen molar-refractivity contribution in [1.29, 1.82) is 0 Å². The molecule has 0 saturated carbocycles. The molecule has 0 fully saturated rings. The van der Waals surface area contributed by atoms with Gasteiger partial charge in [0.1, 0.15) is 0 Å². The first-order valence-corrected chi connectivity index (χ1v) is 7.98. The maximum Gasteiger partial charge on any atom is 0.256 e. The Hall–Kier alpha value is -3.53. The minimum absolute atomic E-state index is 0.163. The van der Waals surface area contributed by atoms with Gasteiger partial charge in [-0.2, -0.15) is 0 Å². The van der Waals surface area contributed by atoms with Crippen molar-refractivity contribution in [3.63, 3.8) is 0 Å². The summed E-state index contributed by atoms with van der Waals surface area (Å²) in [6.07, 6.45) is 3.35. The molecule has 4 aromatic rings. The lowest BCUT2D eigenvalue weighted by atomic mass is 10.1. The van der Waals surface area contributed by atoms with E-state index in [9.17, 15) is 4.79 Å². The molecule has 0 radical (unpaired) electrons. The summed E-state index contributed by atoms with van der Waals surface area (Å²) in [6.45, 7) is 0. The molecule has 0 bridgehead atoms. The third-order valence-electron chi connectivity index (χ3n) is 3.98. The van der Waals surface area contributed by atoms with E-state index >= 15 is 0 Å². The number of carbonyl (C=O) groups is 1. The smallest absolute Gasteiger partial charge is 0.256 e. The van der Waals surface area contributed by atoms with Gasteiger partial charge in [-0.05, 0) is 24.3 Å². The summed E-state index contributed by atoms with van der Waals surface area (Å²) >= 11 is 0. The highest BCUT2D eigenvalue weighted by atomic mass is 16.1. The lowest BCUT2D eigenvalue weighted by molar-refractivity contribution is 0.102. The maximum absolute atomic E-state index is 12.7. The van der Waals surface area contributed by atoms with Crippen LogP contribution in [0.1, 0.15) is 10.4 Å². The van der Waals surface area contributed by atoms with Crippen LogP contribution < -0.4 is 5.32 Å². The third-order valence-corrected chi connectivity index (χ3v) is 3.98. The van der Waals surface area contributed by atoms with E-state index in [1.807, 2.05) is 60.7 Å². The van der Waals surface area contributed by atoms with E-state index < -0.39 is 0 Å². The number of amides is 1. The highest BCUT2D eigenvalue weighted by Gasteiger charge is 2.11. The van der Waals surface area contributed by atoms with Crippen molar-refractivity contribution in [3.8, 4) is 11.3 Å². The van der Waals surface area contributed by atoms with Crippen molar-refractivity contribution in [2.24, 2.45) is 0 Å². The molecule has 4 nitrogen and oxygen atoms in total. The minimum Gasteiger partial charge on any atom is -0.322 e. The fourth-order valence-corrected chi connectivity index (χ4v) is 2.77. The van der Waals surface area contributed by atoms with Gasteiger partial charge >= 0.3 is 0 Å². The first-order valence-electron chi connectivity index (χ1n) is 7.98. The number of fused-ring (bicyclic) bond motifs is 1. The summed E-state index contributed by atoms with van der Waals surface area (Å²) in [7, 11) is 0. The molecule has 4 heteroatoms. The SMILES string of the molecule is O=C(Nc1ccnc(-c2ccccc2)c1)c1ccnc2ccccc12. The average molecular weight is 325 g/mol. The zero-order valence-corrected chi connectivity index (χ0v) is 13.4. The van der Waals surface area contributed by atoms with Crippen LogP contribution >= 0.6 is 0 Å². The number of aromatic nitrogens is 2. The van der Waals surface area contributed by atoms with Crippen LogP contribution in [-0.4, -0.2) is 15.9 Å². The van der Waals surface area contributed by atoms with E-state index in [1.54, 1.807) is 24.5 Å². The van der Waals surface area contributed by atoms with Crippen molar-refractivity contribution < 1.29 is 4.79 Å². The van der Waals surface area contributed by atoms with E-state index in [1.165, 1.54) is 0 Å². The molecule has 1 N–H and O–H groups in total. The molecule has 0 aliphatic heterocycles. The van der Waals surface area contributed by atoms with Crippen LogP contribution in [0.15, 0.2) is 85.2 Å². The normalized spacial score (nSPS) is 10.6. The molecule has 0 aliphatic rings. The van der Waals surface area contributed by atoms with Gasteiger partial charge in [-0.3, -0.25) is 14.8 Å². The number of pyridine rings is 2. The fraction of sp³-hybridized carbons (Fsp3) is 0. The number of nitrogens with zero attached hydrogens (tertiary/aromatic N) is 2. The summed E-state index contributed by atoms with van der Waals surface area (Å²) in [5.74, 6) is -0.163. The highest BCUT2D eigenvalue weighted by Crippen LogP contribution is 2.21. The second-order valence-corrected chi connectivity index (χ2v) is 5.63. The van der Waals surface area contributed by atoms with Gasteiger partial charge in [0.2, 0.25) is 0 Å². The number of benzene rings is 2. The number of anilines is 1. The number of carbonyl (C=O) groups excluding carboxylic acids is 1. The number of rotatable bonds is 3. The van der Waals surface area contributed by atoms with Crippen molar-refractivity contribution in [1.82, 2.24) is 9.97 Å². The topological polar surface area (TPSA) is 54.9 Å². The molecular weight excluding hydrogens is 310 g/mol. The summed E-state index contributed by atoms with van der Waals surface area (Å²) in [4.78, 5) is 21.4. The molecule has 0 saturated heterocycles. The zero-order chi connectivity index (χ0) is 17.1. The summed E-state index contributed by atoms with van der Waals surface area (Å²) < 4.78 is 0. The predicted molar refractivity (Wildman–Crippen MR) is 99.4 cm³/mol. The molecule has 2 aromatic carbocycles. The van der Waals surface area contributed by atoms with Gasteiger partial charge in [-0.15, -0.1) is 0 Å². The van der Waals surface area contributed by atoms with Gasteiger partial charge in [0.05, 0.1) is 16.8 Å². The molecule has 1 amide bonds. The van der Waals surface area contributed by atoms with Crippen molar-refractivity contribution in [2.45, 2.75) is 0 Å². The largest absolute Gasteiger partial charge is 0.322 e. The van der Waals surface area contributed by atoms with Crippen molar-refractivity contribution in [2.75, 3.05) is 5.32 Å². The van der Waals surface area contributed by atoms with E-state index in [4.69, 9.17) is 0 Å². The number of nitrogens with one attached hydrogen (secondary N) is 1. The van der Waals surface area contributed by atoms with E-state index in [2.05, 4.69) is 15.3 Å². The zero-order valence-electron chi connectivity index (χ0n) is 13.4. The minimum atomic E-state index is -0.163. The molecule has 0 aliphatic carbocycles. The summed E-state index contributed by atoms with van der Waals surface area (Å²) in [6, 6.07) is 22.9. The Morgan fingerprint density at radius 2 is 1.56 bits per heavy atom. The van der Waals surface area contributed by atoms with E-state index in [0.29, 0.717) is 11.3 Å². The Labute approximate surface area is 145 Å². The highest BCUT2D eigenvalue weighted by molar-refractivity contribution is 6.12. The van der Waals surface area contributed by atoms with Gasteiger partial charge < -0.3 is 5.32 Å². The van der Waals surface area contributed by atoms with Gasteiger partial charge in [-0.25, -0.2) is 0 Å². The molecule has 0 spiro atoms. The van der Waals surface area contributed by atoms with Crippen LogP contribution in [0.2, 0.25) is 0 Å². The Bertz CT molecular complexity index is 1040. The number of para-hydroxylation sites is 1. The van der Waals surface area contributed by atoms with Gasteiger partial charge in [0.15, 0.2) is 0 Å². The monoisotopic (exact) mass is 325 g/mol. The van der Waals surface area contributed by atoms with Crippen LogP contribution in [0, 0.1) is 0 Å². The van der Waals surface area contributed by atoms with E-state index in [0.717, 1.165) is 22.2 Å². The Morgan fingerprint density at radius 3 is 2.44 bits per heavy atom. The number of hydrogen-bond acceptors (Lipinski definition) is 3. The first kappa shape index (κ1) is 15.0. The second-order valence-electron chi connectivity index (χ2n) is 5.63. The van der Waals surface area contributed by atoms with Crippen LogP contribution in [-0.2, 0) is 0 Å². The molecule has 2 heterocycles. The van der Waals surface area contributed by atoms with Gasteiger partial charge in [0, 0.05) is 29.0 Å². The van der Waals surface area contributed by atoms with Crippen LogP contribution in [0.5, 0.6) is 0 Å². The Morgan fingerprint density at radius 1 is 0.800 bits per heavy atom. The quantitative estimate of drug-likeness (QED) is 0.601. The van der Waals surface area contributed by atoms with E-state index in [-0.39, 0.29) is 5.91 Å². The first-order chi connectivity index (χ1) is 12.3. The van der Waals surface area contributed by atoms with Crippen molar-refractivity contribution in [3.05, 3.63) is 90.8 Å². The van der Waals surface area contributed by atoms with Gasteiger partial charge in [0.25, 0.3) is 5.91 Å². The van der Waals surface area contributed by atoms with Crippen LogP contribution in [0.4, 0.5) is 5.69 Å². The molecule has 120 valence electrons. The predicted octanol–water partition coefficient (Wildman–Crippen LogP) is 4.55. The van der Waals surface area contributed by atoms with Crippen molar-refractivity contribution >= 4 is 22.5 Å². The Kier molecular flexibility index (Phi) is 3.92. The molecular formula is C21H15N3O. The third kappa shape index (κ3) is 3.10. The maximum atomic E-state index is 12.7. The van der Waals surface area contributed by atoms with Crippen LogP contribution in [0.25, 0.3) is 22.2 Å². The molecule has 0 atom stereocenters. The summed E-state index contributed by atoms with van der Waals surface area (Å²) in [5, 5.41) is 3.79. The lowest BCUT2D eigenvalue weighted by Gasteiger charge is -2.09. The second kappa shape index (κ2) is 6.53. The molecule has 25 heavy (non-hydrogen) atoms. The fourth-order valence-electron chi connectivity index (χ4n) is 2.77. The standard InChI is InChI=1S/C21H15N3O/c25-21(18-11-13-22-19-9-5-4-8-17(18)19)24-16-10-12-23-20(14-16)15-6-2-1-3-7-15/h1-14H,(H,23,24,25). The molecule has 4 rings (SSSR count). The average Bonchev–Trinajstić information content (AvgIpc) is 2.68. The Balaban J connectivity index is 1.65. The van der Waals surface area contributed by atoms with Gasteiger partial charge in [-0.1, -0.05) is 48.5 Å².